The lowest BCUT2D eigenvalue weighted by atomic mass is 10.1. The van der Waals surface area contributed by atoms with Gasteiger partial charge >= 0.3 is 0 Å². The number of halogens is 1. The maximum Gasteiger partial charge on any atom is 0.191 e. The number of ether oxygens (including phenoxy) is 1. The molecule has 1 rings (SSSR count). The lowest BCUT2D eigenvalue weighted by molar-refractivity contribution is 0.208. The maximum absolute atomic E-state index is 4.99. The molecule has 0 amide bonds. The molecule has 6 heteroatoms. The van der Waals surface area contributed by atoms with Gasteiger partial charge in [-0.25, -0.2) is 0 Å². The van der Waals surface area contributed by atoms with Crippen molar-refractivity contribution in [3.63, 3.8) is 0 Å². The first-order valence-corrected chi connectivity index (χ1v) is 6.68. The highest BCUT2D eigenvalue weighted by molar-refractivity contribution is 14.0. The Labute approximate surface area is 138 Å². The Balaban J connectivity index is 0.00000361. The fourth-order valence-electron chi connectivity index (χ4n) is 1.69. The predicted molar refractivity (Wildman–Crippen MR) is 94.0 cm³/mol. The third kappa shape index (κ3) is 7.64. The first-order valence-electron chi connectivity index (χ1n) is 6.68. The number of aliphatic imine (C=N–C) groups is 1. The topological polar surface area (TPSA) is 58.5 Å². The minimum absolute atomic E-state index is 0. The average Bonchev–Trinajstić information content (AvgIpc) is 2.41. The Morgan fingerprint density at radius 1 is 1.40 bits per heavy atom. The molecule has 0 spiro atoms. The highest BCUT2D eigenvalue weighted by Gasteiger charge is 1.99. The second-order valence-corrected chi connectivity index (χ2v) is 4.23. The maximum atomic E-state index is 4.99. The molecule has 0 fully saturated rings. The summed E-state index contributed by atoms with van der Waals surface area (Å²) in [6.45, 7) is 7.15. The molecule has 5 nitrogen and oxygen atoms in total. The van der Waals surface area contributed by atoms with Crippen LogP contribution < -0.4 is 10.6 Å². The molecule has 20 heavy (non-hydrogen) atoms. The molecule has 0 aromatic carbocycles. The van der Waals surface area contributed by atoms with Crippen molar-refractivity contribution in [3.05, 3.63) is 29.6 Å². The molecule has 0 bridgehead atoms. The minimum Gasteiger partial charge on any atom is -0.383 e. The van der Waals surface area contributed by atoms with Crippen molar-refractivity contribution in [1.82, 2.24) is 15.6 Å². The monoisotopic (exact) mass is 392 g/mol. The Kier molecular flexibility index (Phi) is 11.4. The van der Waals surface area contributed by atoms with Gasteiger partial charge in [0.05, 0.1) is 13.2 Å². The predicted octanol–water partition coefficient (Wildman–Crippen LogP) is 1.75. The molecule has 2 N–H and O–H groups in total. The van der Waals surface area contributed by atoms with Gasteiger partial charge in [0.25, 0.3) is 0 Å². The van der Waals surface area contributed by atoms with Gasteiger partial charge in [0, 0.05) is 32.6 Å². The standard InChI is InChI=1S/C14H24N4O.HI/c1-4-16-14(18-9-10-19-3)17-8-6-13-5-7-15-11-12(13)2;/h5,7,11H,4,6,8-10H2,1-3H3,(H2,16,17,18);1H. The Bertz CT molecular complexity index is 399. The summed E-state index contributed by atoms with van der Waals surface area (Å²) < 4.78 is 4.99. The molecule has 1 heterocycles. The highest BCUT2D eigenvalue weighted by atomic mass is 127. The number of methoxy groups -OCH3 is 1. The van der Waals surface area contributed by atoms with Crippen molar-refractivity contribution in [2.24, 2.45) is 4.99 Å². The van der Waals surface area contributed by atoms with Gasteiger partial charge in [0.2, 0.25) is 0 Å². The van der Waals surface area contributed by atoms with E-state index in [1.807, 2.05) is 12.4 Å². The second-order valence-electron chi connectivity index (χ2n) is 4.23. The molecular weight excluding hydrogens is 367 g/mol. The summed E-state index contributed by atoms with van der Waals surface area (Å²) in [5, 5.41) is 6.53. The molecular formula is C14H25IN4O. The molecule has 0 aliphatic carbocycles. The van der Waals surface area contributed by atoms with Gasteiger partial charge < -0.3 is 15.4 Å². The summed E-state index contributed by atoms with van der Waals surface area (Å²) in [6.07, 6.45) is 4.69. The molecule has 0 unspecified atom stereocenters. The molecule has 0 atom stereocenters. The largest absolute Gasteiger partial charge is 0.383 e. The van der Waals surface area contributed by atoms with E-state index in [0.29, 0.717) is 13.2 Å². The summed E-state index contributed by atoms with van der Waals surface area (Å²) in [4.78, 5) is 8.51. The summed E-state index contributed by atoms with van der Waals surface area (Å²) >= 11 is 0. The van der Waals surface area contributed by atoms with Gasteiger partial charge in [-0.05, 0) is 37.5 Å². The van der Waals surface area contributed by atoms with E-state index in [9.17, 15) is 0 Å². The van der Waals surface area contributed by atoms with Gasteiger partial charge in [0.1, 0.15) is 0 Å². The van der Waals surface area contributed by atoms with Crippen LogP contribution in [-0.4, -0.2) is 44.3 Å². The van der Waals surface area contributed by atoms with Crippen LogP contribution in [0, 0.1) is 6.92 Å². The van der Waals surface area contributed by atoms with E-state index in [1.165, 1.54) is 11.1 Å². The zero-order chi connectivity index (χ0) is 13.9. The average molecular weight is 392 g/mol. The van der Waals surface area contributed by atoms with Crippen LogP contribution in [0.3, 0.4) is 0 Å². The number of guanidine groups is 1. The first kappa shape index (κ1) is 19.1. The fraction of sp³-hybridized carbons (Fsp3) is 0.571. The van der Waals surface area contributed by atoms with Crippen molar-refractivity contribution in [1.29, 1.82) is 0 Å². The third-order valence-corrected chi connectivity index (χ3v) is 2.73. The summed E-state index contributed by atoms with van der Waals surface area (Å²) in [5.41, 5.74) is 2.54. The smallest absolute Gasteiger partial charge is 0.191 e. The van der Waals surface area contributed by atoms with Gasteiger partial charge in [-0.1, -0.05) is 0 Å². The summed E-state index contributed by atoms with van der Waals surface area (Å²) in [7, 11) is 1.68. The number of rotatable bonds is 7. The molecule has 0 aliphatic heterocycles. The van der Waals surface area contributed by atoms with E-state index in [1.54, 1.807) is 7.11 Å². The first-order chi connectivity index (χ1) is 9.27. The zero-order valence-electron chi connectivity index (χ0n) is 12.5. The number of nitrogens with zero attached hydrogens (tertiary/aromatic N) is 2. The number of hydrogen-bond acceptors (Lipinski definition) is 3. The van der Waals surface area contributed by atoms with E-state index < -0.39 is 0 Å². The normalized spacial score (nSPS) is 10.8. The second kappa shape index (κ2) is 11.9. The van der Waals surface area contributed by atoms with Crippen LogP contribution in [0.25, 0.3) is 0 Å². The Morgan fingerprint density at radius 2 is 2.20 bits per heavy atom. The molecule has 0 saturated heterocycles. The van der Waals surface area contributed by atoms with Crippen LogP contribution in [0.2, 0.25) is 0 Å². The highest BCUT2D eigenvalue weighted by Crippen LogP contribution is 2.04. The molecule has 0 radical (unpaired) electrons. The molecule has 0 aliphatic rings. The van der Waals surface area contributed by atoms with Crippen molar-refractivity contribution < 1.29 is 4.74 Å². The van der Waals surface area contributed by atoms with Gasteiger partial charge in [-0.2, -0.15) is 0 Å². The van der Waals surface area contributed by atoms with Crippen LogP contribution in [0.1, 0.15) is 18.1 Å². The number of aromatic nitrogens is 1. The van der Waals surface area contributed by atoms with Crippen LogP contribution in [0.4, 0.5) is 0 Å². The molecule has 0 saturated carbocycles. The quantitative estimate of drug-likeness (QED) is 0.321. The van der Waals surface area contributed by atoms with Crippen molar-refractivity contribution >= 4 is 29.9 Å². The fourth-order valence-corrected chi connectivity index (χ4v) is 1.69. The lowest BCUT2D eigenvalue weighted by Crippen LogP contribution is -2.38. The van der Waals surface area contributed by atoms with E-state index in [0.717, 1.165) is 25.5 Å². The van der Waals surface area contributed by atoms with E-state index >= 15 is 0 Å². The van der Waals surface area contributed by atoms with Crippen molar-refractivity contribution in [2.75, 3.05) is 33.4 Å². The number of pyridine rings is 1. The van der Waals surface area contributed by atoms with Crippen molar-refractivity contribution in [2.45, 2.75) is 20.3 Å². The number of hydrogen-bond donors (Lipinski definition) is 2. The Hall–Kier alpha value is -0.890. The molecule has 1 aromatic rings. The minimum atomic E-state index is 0. The lowest BCUT2D eigenvalue weighted by Gasteiger charge is -2.11. The molecule has 114 valence electrons. The van der Waals surface area contributed by atoms with Crippen LogP contribution >= 0.6 is 24.0 Å². The number of nitrogens with one attached hydrogen (secondary N) is 2. The van der Waals surface area contributed by atoms with E-state index in [-0.39, 0.29) is 24.0 Å². The summed E-state index contributed by atoms with van der Waals surface area (Å²) in [5.74, 6) is 0.839. The van der Waals surface area contributed by atoms with Gasteiger partial charge in [-0.15, -0.1) is 24.0 Å². The van der Waals surface area contributed by atoms with Crippen LogP contribution in [0.5, 0.6) is 0 Å². The molecule has 1 aromatic heterocycles. The van der Waals surface area contributed by atoms with Crippen LogP contribution in [0.15, 0.2) is 23.5 Å². The van der Waals surface area contributed by atoms with E-state index in [4.69, 9.17) is 4.74 Å². The van der Waals surface area contributed by atoms with Gasteiger partial charge in [-0.3, -0.25) is 9.98 Å². The third-order valence-electron chi connectivity index (χ3n) is 2.73. The van der Waals surface area contributed by atoms with Crippen LogP contribution in [-0.2, 0) is 11.2 Å². The van der Waals surface area contributed by atoms with Gasteiger partial charge in [0.15, 0.2) is 5.96 Å². The summed E-state index contributed by atoms with van der Waals surface area (Å²) in [6, 6.07) is 2.06. The zero-order valence-corrected chi connectivity index (χ0v) is 14.8. The van der Waals surface area contributed by atoms with E-state index in [2.05, 4.69) is 40.5 Å². The van der Waals surface area contributed by atoms with Crippen molar-refractivity contribution in [3.8, 4) is 0 Å². The number of aryl methyl sites for hydroxylation is 1. The SMILES string of the molecule is CCNC(=NCCOC)NCCc1ccncc1C.I. The Morgan fingerprint density at radius 3 is 2.85 bits per heavy atom.